The van der Waals surface area contributed by atoms with Crippen LogP contribution in [0.3, 0.4) is 0 Å². The maximum absolute atomic E-state index is 13.8. The van der Waals surface area contributed by atoms with Gasteiger partial charge in [-0.2, -0.15) is 4.80 Å². The summed E-state index contributed by atoms with van der Waals surface area (Å²) in [6, 6.07) is 11.4. The number of amides is 2. The van der Waals surface area contributed by atoms with Gasteiger partial charge >= 0.3 is 0 Å². The predicted octanol–water partition coefficient (Wildman–Crippen LogP) is 4.28. The number of tetrazole rings is 1. The lowest BCUT2D eigenvalue weighted by atomic mass is 9.99. The Morgan fingerprint density at radius 3 is 2.49 bits per heavy atom. The molecule has 35 heavy (non-hydrogen) atoms. The first-order valence-electron chi connectivity index (χ1n) is 12.6. The summed E-state index contributed by atoms with van der Waals surface area (Å²) in [5, 5.41) is 17.9. The molecule has 5 rings (SSSR count). The van der Waals surface area contributed by atoms with Crippen molar-refractivity contribution < 1.29 is 9.59 Å². The van der Waals surface area contributed by atoms with Crippen molar-refractivity contribution in [2.45, 2.75) is 83.0 Å². The molecule has 2 amide bonds. The number of aryl methyl sites for hydroxylation is 1. The van der Waals surface area contributed by atoms with E-state index in [1.54, 1.807) is 0 Å². The van der Waals surface area contributed by atoms with Gasteiger partial charge in [-0.1, -0.05) is 61.6 Å². The van der Waals surface area contributed by atoms with Crippen molar-refractivity contribution in [2.24, 2.45) is 0 Å². The highest BCUT2D eigenvalue weighted by atomic mass is 32.1. The van der Waals surface area contributed by atoms with Crippen LogP contribution in [0.15, 0.2) is 41.8 Å². The van der Waals surface area contributed by atoms with Gasteiger partial charge in [0, 0.05) is 12.1 Å². The Morgan fingerprint density at radius 2 is 1.80 bits per heavy atom. The molecule has 1 aromatic carbocycles. The van der Waals surface area contributed by atoms with Crippen LogP contribution in [-0.2, 0) is 16.1 Å². The molecule has 0 bridgehead atoms. The van der Waals surface area contributed by atoms with Crippen molar-refractivity contribution in [1.29, 1.82) is 0 Å². The summed E-state index contributed by atoms with van der Waals surface area (Å²) >= 11 is 1.53. The third-order valence-electron chi connectivity index (χ3n) is 7.10. The van der Waals surface area contributed by atoms with Crippen LogP contribution in [0.2, 0.25) is 0 Å². The van der Waals surface area contributed by atoms with Crippen LogP contribution in [-0.4, -0.2) is 49.0 Å². The lowest BCUT2D eigenvalue weighted by molar-refractivity contribution is -0.144. The third kappa shape index (κ3) is 5.45. The smallest absolute Gasteiger partial charge is 0.247 e. The van der Waals surface area contributed by atoms with Crippen LogP contribution in [0.5, 0.6) is 0 Å². The van der Waals surface area contributed by atoms with E-state index in [-0.39, 0.29) is 30.4 Å². The number of benzene rings is 1. The van der Waals surface area contributed by atoms with Gasteiger partial charge in [0.15, 0.2) is 0 Å². The molecule has 2 fully saturated rings. The van der Waals surface area contributed by atoms with Gasteiger partial charge in [0.2, 0.25) is 17.6 Å². The highest BCUT2D eigenvalue weighted by Gasteiger charge is 2.38. The first-order valence-corrected chi connectivity index (χ1v) is 13.5. The lowest BCUT2D eigenvalue weighted by Gasteiger charge is -2.36. The van der Waals surface area contributed by atoms with E-state index in [1.807, 2.05) is 53.6 Å². The number of thiophene rings is 1. The van der Waals surface area contributed by atoms with Crippen molar-refractivity contribution in [3.05, 3.63) is 52.9 Å². The van der Waals surface area contributed by atoms with Crippen LogP contribution in [0.25, 0.3) is 10.7 Å². The van der Waals surface area contributed by atoms with Crippen LogP contribution >= 0.6 is 11.3 Å². The first-order chi connectivity index (χ1) is 17.1. The molecule has 0 aliphatic heterocycles. The summed E-state index contributed by atoms with van der Waals surface area (Å²) in [5.41, 5.74) is 1.97. The lowest BCUT2D eigenvalue weighted by Crippen LogP contribution is -2.50. The molecule has 1 atom stereocenters. The van der Waals surface area contributed by atoms with Crippen LogP contribution < -0.4 is 5.32 Å². The number of hydrogen-bond donors (Lipinski definition) is 1. The normalized spacial score (nSPS) is 17.5. The molecule has 1 N–H and O–H groups in total. The van der Waals surface area contributed by atoms with E-state index in [4.69, 9.17) is 0 Å². The number of carbonyl (C=O) groups is 2. The molecular formula is C26H32N6O2S. The van der Waals surface area contributed by atoms with E-state index in [9.17, 15) is 9.59 Å². The van der Waals surface area contributed by atoms with E-state index in [0.29, 0.717) is 5.82 Å². The van der Waals surface area contributed by atoms with Crippen LogP contribution in [0.1, 0.15) is 68.5 Å². The van der Waals surface area contributed by atoms with Crippen molar-refractivity contribution in [1.82, 2.24) is 30.4 Å². The Kier molecular flexibility index (Phi) is 7.22. The average molecular weight is 493 g/mol. The topological polar surface area (TPSA) is 93.0 Å². The molecular weight excluding hydrogens is 460 g/mol. The third-order valence-corrected chi connectivity index (χ3v) is 7.96. The van der Waals surface area contributed by atoms with Crippen LogP contribution in [0.4, 0.5) is 0 Å². The molecule has 0 spiro atoms. The zero-order chi connectivity index (χ0) is 24.2. The maximum atomic E-state index is 13.8. The van der Waals surface area contributed by atoms with Crippen molar-refractivity contribution >= 4 is 23.2 Å². The number of aromatic nitrogens is 4. The molecule has 3 aromatic rings. The monoisotopic (exact) mass is 492 g/mol. The quantitative estimate of drug-likeness (QED) is 0.507. The zero-order valence-corrected chi connectivity index (χ0v) is 20.9. The van der Waals surface area contributed by atoms with Gasteiger partial charge in [-0.3, -0.25) is 9.59 Å². The van der Waals surface area contributed by atoms with E-state index in [1.165, 1.54) is 16.1 Å². The highest BCUT2D eigenvalue weighted by molar-refractivity contribution is 7.13. The average Bonchev–Trinajstić information content (AvgIpc) is 3.66. The second-order valence-corrected chi connectivity index (χ2v) is 10.6. The van der Waals surface area contributed by atoms with E-state index >= 15 is 0 Å². The standard InChI is InChI=1S/C26H32N6O2S/c1-18-12-14-19(15-13-18)24(26(34)27-20-7-2-3-8-20)32(21-9-4-5-10-21)23(33)17-31-29-25(28-30-31)22-11-6-16-35-22/h6,11-16,20-21,24H,2-5,7-10,17H2,1H3,(H,27,34). The van der Waals surface area contributed by atoms with Crippen molar-refractivity contribution in [2.75, 3.05) is 0 Å². The predicted molar refractivity (Wildman–Crippen MR) is 135 cm³/mol. The fourth-order valence-corrected chi connectivity index (χ4v) is 5.94. The Labute approximate surface area is 209 Å². The van der Waals surface area contributed by atoms with E-state index in [0.717, 1.165) is 67.4 Å². The van der Waals surface area contributed by atoms with E-state index in [2.05, 4.69) is 20.7 Å². The number of nitrogens with zero attached hydrogens (tertiary/aromatic N) is 5. The Bertz CT molecular complexity index is 1130. The largest absolute Gasteiger partial charge is 0.351 e. The number of rotatable bonds is 8. The van der Waals surface area contributed by atoms with Gasteiger partial charge in [-0.25, -0.2) is 0 Å². The van der Waals surface area contributed by atoms with Gasteiger partial charge < -0.3 is 10.2 Å². The number of hydrogen-bond acceptors (Lipinski definition) is 6. The molecule has 9 heteroatoms. The molecule has 2 aliphatic rings. The molecule has 2 saturated carbocycles. The summed E-state index contributed by atoms with van der Waals surface area (Å²) < 4.78 is 0. The molecule has 8 nitrogen and oxygen atoms in total. The summed E-state index contributed by atoms with van der Waals surface area (Å²) in [6.45, 7) is 1.98. The second kappa shape index (κ2) is 10.7. The molecule has 2 aliphatic carbocycles. The summed E-state index contributed by atoms with van der Waals surface area (Å²) in [4.78, 5) is 31.7. The Morgan fingerprint density at radius 1 is 1.09 bits per heavy atom. The summed E-state index contributed by atoms with van der Waals surface area (Å²) in [5.74, 6) is 0.264. The second-order valence-electron chi connectivity index (χ2n) is 9.66. The SMILES string of the molecule is Cc1ccc(C(C(=O)NC2CCCC2)N(C(=O)Cn2nnc(-c3cccs3)n2)C2CCCC2)cc1. The zero-order valence-electron chi connectivity index (χ0n) is 20.1. The van der Waals surface area contributed by atoms with Gasteiger partial charge in [0.25, 0.3) is 0 Å². The molecule has 2 aromatic heterocycles. The number of nitrogens with one attached hydrogen (secondary N) is 1. The highest BCUT2D eigenvalue weighted by Crippen LogP contribution is 2.33. The van der Waals surface area contributed by atoms with Gasteiger partial charge in [-0.05, 0) is 54.8 Å². The fraction of sp³-hybridized carbons (Fsp3) is 0.500. The van der Waals surface area contributed by atoms with Gasteiger partial charge in [0.05, 0.1) is 4.88 Å². The minimum absolute atomic E-state index is 0.0171. The summed E-state index contributed by atoms with van der Waals surface area (Å²) in [7, 11) is 0. The van der Waals surface area contributed by atoms with Gasteiger partial charge in [0.1, 0.15) is 12.6 Å². The minimum Gasteiger partial charge on any atom is -0.351 e. The molecule has 184 valence electrons. The summed E-state index contributed by atoms with van der Waals surface area (Å²) in [6.07, 6.45) is 8.18. The van der Waals surface area contributed by atoms with Crippen molar-refractivity contribution in [3.63, 3.8) is 0 Å². The van der Waals surface area contributed by atoms with Crippen molar-refractivity contribution in [3.8, 4) is 10.7 Å². The Hall–Kier alpha value is -3.07. The minimum atomic E-state index is -0.674. The first kappa shape index (κ1) is 23.7. The fourth-order valence-electron chi connectivity index (χ4n) is 5.30. The number of carbonyl (C=O) groups excluding carboxylic acids is 2. The molecule has 0 saturated heterocycles. The maximum Gasteiger partial charge on any atom is 0.247 e. The molecule has 1 unspecified atom stereocenters. The van der Waals surface area contributed by atoms with E-state index < -0.39 is 6.04 Å². The van der Waals surface area contributed by atoms with Gasteiger partial charge in [-0.15, -0.1) is 21.5 Å². The Balaban J connectivity index is 1.44. The molecule has 0 radical (unpaired) electrons. The van der Waals surface area contributed by atoms with Crippen LogP contribution in [0, 0.1) is 6.92 Å². The molecule has 2 heterocycles.